The molecule has 1 aliphatic heterocycles. The molecule has 8 aromatic carbocycles. The summed E-state index contributed by atoms with van der Waals surface area (Å²) >= 11 is 0. The Morgan fingerprint density at radius 2 is 1.06 bits per heavy atom. The highest BCUT2D eigenvalue weighted by Gasteiger charge is 2.26. The van der Waals surface area contributed by atoms with Crippen LogP contribution in [0.5, 0.6) is 0 Å². The molecule has 0 saturated carbocycles. The van der Waals surface area contributed by atoms with Crippen molar-refractivity contribution >= 4 is 77.6 Å². The van der Waals surface area contributed by atoms with E-state index in [1.54, 1.807) is 0 Å². The summed E-state index contributed by atoms with van der Waals surface area (Å²) in [4.78, 5) is 4.75. The van der Waals surface area contributed by atoms with E-state index in [1.807, 2.05) is 12.1 Å². The molecule has 0 spiro atoms. The van der Waals surface area contributed by atoms with Gasteiger partial charge in [-0.2, -0.15) is 0 Å². The second kappa shape index (κ2) is 10.1. The fraction of sp³-hybridized carbons (Fsp3) is 0. The molecule has 0 amide bonds. The standard InChI is InChI=1S/C44H28N2O/c1-2-14-32(15-3-1)45(35-24-25-43-39(28-35)36-16-6-7-19-42(36)47-43)33-20-22-34(23-21-33)46-40-18-9-13-29-12-8-17-37(44(29)40)38-26-30-10-4-5-11-31(30)27-41(38)46/h1-28H. The minimum absolute atomic E-state index is 0.893. The number of para-hydroxylation sites is 2. The van der Waals surface area contributed by atoms with Gasteiger partial charge < -0.3 is 14.2 Å². The first kappa shape index (κ1) is 26.0. The quantitative estimate of drug-likeness (QED) is 0.200. The number of anilines is 6. The smallest absolute Gasteiger partial charge is 0.135 e. The van der Waals surface area contributed by atoms with Crippen molar-refractivity contribution in [3.05, 3.63) is 170 Å². The summed E-state index contributed by atoms with van der Waals surface area (Å²) in [5.41, 5.74) is 11.1. The summed E-state index contributed by atoms with van der Waals surface area (Å²) < 4.78 is 6.16. The number of fused-ring (bicyclic) bond motifs is 6. The molecule has 220 valence electrons. The lowest BCUT2D eigenvalue weighted by Crippen LogP contribution is -2.15. The van der Waals surface area contributed by atoms with Gasteiger partial charge in [0.2, 0.25) is 0 Å². The van der Waals surface area contributed by atoms with E-state index in [0.29, 0.717) is 0 Å². The van der Waals surface area contributed by atoms with Crippen molar-refractivity contribution in [1.29, 1.82) is 0 Å². The normalized spacial score (nSPS) is 12.2. The Balaban J connectivity index is 1.15. The monoisotopic (exact) mass is 600 g/mol. The van der Waals surface area contributed by atoms with Crippen molar-refractivity contribution in [2.45, 2.75) is 0 Å². The van der Waals surface area contributed by atoms with Gasteiger partial charge in [0.15, 0.2) is 0 Å². The van der Waals surface area contributed by atoms with Gasteiger partial charge in [-0.3, -0.25) is 0 Å². The van der Waals surface area contributed by atoms with Gasteiger partial charge in [0.1, 0.15) is 11.2 Å². The molecule has 0 fully saturated rings. The molecule has 47 heavy (non-hydrogen) atoms. The molecule has 1 aliphatic rings. The molecule has 9 aromatic rings. The molecular formula is C44H28N2O. The van der Waals surface area contributed by atoms with Crippen LogP contribution < -0.4 is 9.80 Å². The molecule has 0 bridgehead atoms. The maximum atomic E-state index is 6.16. The topological polar surface area (TPSA) is 19.6 Å². The van der Waals surface area contributed by atoms with E-state index >= 15 is 0 Å². The van der Waals surface area contributed by atoms with Crippen LogP contribution in [0.1, 0.15) is 0 Å². The Kier molecular flexibility index (Phi) is 5.57. The highest BCUT2D eigenvalue weighted by atomic mass is 16.3. The molecule has 0 radical (unpaired) electrons. The van der Waals surface area contributed by atoms with Crippen LogP contribution >= 0.6 is 0 Å². The summed E-state index contributed by atoms with van der Waals surface area (Å²) in [6.07, 6.45) is 0. The molecule has 0 unspecified atom stereocenters. The molecular weight excluding hydrogens is 572 g/mol. The van der Waals surface area contributed by atoms with Crippen molar-refractivity contribution in [2.24, 2.45) is 0 Å². The summed E-state index contributed by atoms with van der Waals surface area (Å²) in [7, 11) is 0. The minimum atomic E-state index is 0.893. The Morgan fingerprint density at radius 1 is 0.404 bits per heavy atom. The highest BCUT2D eigenvalue weighted by Crippen LogP contribution is 2.52. The van der Waals surface area contributed by atoms with Crippen molar-refractivity contribution in [3.8, 4) is 11.1 Å². The summed E-state index contributed by atoms with van der Waals surface area (Å²) in [6, 6.07) is 60.9. The predicted octanol–water partition coefficient (Wildman–Crippen LogP) is 12.8. The van der Waals surface area contributed by atoms with E-state index in [-0.39, 0.29) is 0 Å². The molecule has 0 saturated heterocycles. The third kappa shape index (κ3) is 4.00. The van der Waals surface area contributed by atoms with Crippen LogP contribution in [0.15, 0.2) is 174 Å². The van der Waals surface area contributed by atoms with Gasteiger partial charge in [-0.05, 0) is 101 Å². The van der Waals surface area contributed by atoms with Crippen LogP contribution in [0.2, 0.25) is 0 Å². The van der Waals surface area contributed by atoms with E-state index < -0.39 is 0 Å². The molecule has 2 heterocycles. The van der Waals surface area contributed by atoms with Crippen LogP contribution in [0, 0.1) is 0 Å². The number of hydrogen-bond donors (Lipinski definition) is 0. The zero-order valence-electron chi connectivity index (χ0n) is 25.5. The SMILES string of the molecule is c1ccc(N(c2ccc(N3c4cc5ccccc5cc4-c4cccc5cccc3c45)cc2)c2ccc3oc4ccccc4c3c2)cc1. The second-order valence-electron chi connectivity index (χ2n) is 12.2. The van der Waals surface area contributed by atoms with Crippen molar-refractivity contribution in [3.63, 3.8) is 0 Å². The van der Waals surface area contributed by atoms with Crippen LogP contribution in [-0.2, 0) is 0 Å². The van der Waals surface area contributed by atoms with Crippen LogP contribution in [0.4, 0.5) is 34.1 Å². The van der Waals surface area contributed by atoms with E-state index in [2.05, 4.69) is 168 Å². The third-order valence-corrected chi connectivity index (χ3v) is 9.52. The Morgan fingerprint density at radius 3 is 1.91 bits per heavy atom. The summed E-state index contributed by atoms with van der Waals surface area (Å²) in [5.74, 6) is 0. The number of nitrogens with zero attached hydrogens (tertiary/aromatic N) is 2. The average Bonchev–Trinajstić information content (AvgIpc) is 3.50. The summed E-state index contributed by atoms with van der Waals surface area (Å²) in [5, 5.41) is 7.25. The predicted molar refractivity (Wildman–Crippen MR) is 197 cm³/mol. The van der Waals surface area contributed by atoms with E-state index in [1.165, 1.54) is 44.0 Å². The minimum Gasteiger partial charge on any atom is -0.456 e. The van der Waals surface area contributed by atoms with Gasteiger partial charge in [0, 0.05) is 44.5 Å². The van der Waals surface area contributed by atoms with Gasteiger partial charge in [-0.15, -0.1) is 0 Å². The zero-order valence-corrected chi connectivity index (χ0v) is 25.5. The van der Waals surface area contributed by atoms with E-state index in [4.69, 9.17) is 4.42 Å². The molecule has 3 heteroatoms. The lowest BCUT2D eigenvalue weighted by molar-refractivity contribution is 0.669. The van der Waals surface area contributed by atoms with Gasteiger partial charge in [-0.25, -0.2) is 0 Å². The first-order valence-corrected chi connectivity index (χ1v) is 16.0. The highest BCUT2D eigenvalue weighted by molar-refractivity contribution is 6.15. The fourth-order valence-corrected chi connectivity index (χ4v) is 7.40. The molecule has 1 aromatic heterocycles. The second-order valence-corrected chi connectivity index (χ2v) is 12.2. The lowest BCUT2D eigenvalue weighted by atomic mass is 9.89. The van der Waals surface area contributed by atoms with E-state index in [9.17, 15) is 0 Å². The fourth-order valence-electron chi connectivity index (χ4n) is 7.40. The Labute approximate surface area is 272 Å². The first-order valence-electron chi connectivity index (χ1n) is 16.0. The molecule has 0 N–H and O–H groups in total. The first-order chi connectivity index (χ1) is 23.3. The third-order valence-electron chi connectivity index (χ3n) is 9.52. The van der Waals surface area contributed by atoms with E-state index in [0.717, 1.165) is 44.7 Å². The van der Waals surface area contributed by atoms with Crippen LogP contribution in [0.3, 0.4) is 0 Å². The van der Waals surface area contributed by atoms with Crippen molar-refractivity contribution in [2.75, 3.05) is 9.80 Å². The van der Waals surface area contributed by atoms with Gasteiger partial charge in [0.05, 0.1) is 11.4 Å². The van der Waals surface area contributed by atoms with Gasteiger partial charge >= 0.3 is 0 Å². The van der Waals surface area contributed by atoms with Crippen molar-refractivity contribution < 1.29 is 4.42 Å². The summed E-state index contributed by atoms with van der Waals surface area (Å²) in [6.45, 7) is 0. The average molecular weight is 601 g/mol. The van der Waals surface area contributed by atoms with Crippen molar-refractivity contribution in [1.82, 2.24) is 0 Å². The maximum absolute atomic E-state index is 6.16. The van der Waals surface area contributed by atoms with Crippen LogP contribution in [0.25, 0.3) is 54.6 Å². The van der Waals surface area contributed by atoms with Gasteiger partial charge in [-0.1, -0.05) is 91.0 Å². The Hall–Kier alpha value is -6.32. The number of furan rings is 1. The number of hydrogen-bond acceptors (Lipinski definition) is 3. The molecule has 10 rings (SSSR count). The number of benzene rings is 8. The largest absolute Gasteiger partial charge is 0.456 e. The molecule has 3 nitrogen and oxygen atoms in total. The van der Waals surface area contributed by atoms with Gasteiger partial charge in [0.25, 0.3) is 0 Å². The molecule has 0 aliphatic carbocycles. The molecule has 0 atom stereocenters. The maximum Gasteiger partial charge on any atom is 0.135 e. The Bertz CT molecular complexity index is 2630. The number of rotatable bonds is 4. The lowest BCUT2D eigenvalue weighted by Gasteiger charge is -2.34. The zero-order chi connectivity index (χ0) is 30.9. The van der Waals surface area contributed by atoms with Crippen LogP contribution in [-0.4, -0.2) is 0 Å².